The molecular formula is C21H23F3N2O2. The van der Waals surface area contributed by atoms with Crippen LogP contribution in [-0.2, 0) is 0 Å². The van der Waals surface area contributed by atoms with Crippen molar-refractivity contribution < 1.29 is 18.3 Å². The van der Waals surface area contributed by atoms with Gasteiger partial charge in [-0.1, -0.05) is 18.2 Å². The van der Waals surface area contributed by atoms with Gasteiger partial charge in [-0.25, -0.2) is 13.2 Å². The smallest absolute Gasteiger partial charge is 0.266 e. The summed E-state index contributed by atoms with van der Waals surface area (Å²) in [6.45, 7) is 0. The minimum Gasteiger partial charge on any atom is -0.379 e. The van der Waals surface area contributed by atoms with Crippen molar-refractivity contribution in [3.63, 3.8) is 0 Å². The second kappa shape index (κ2) is 7.72. The molecule has 0 spiro atoms. The van der Waals surface area contributed by atoms with E-state index in [9.17, 15) is 23.1 Å². The molecule has 2 fully saturated rings. The number of aliphatic hydroxyl groups is 1. The van der Waals surface area contributed by atoms with Gasteiger partial charge in [0.05, 0.1) is 5.56 Å². The summed E-state index contributed by atoms with van der Waals surface area (Å²) in [6, 6.07) is 7.38. The maximum Gasteiger partial charge on any atom is 0.266 e. The van der Waals surface area contributed by atoms with E-state index >= 15 is 0 Å². The number of alkyl halides is 2. The van der Waals surface area contributed by atoms with Crippen LogP contribution in [0.1, 0.15) is 72.7 Å². The van der Waals surface area contributed by atoms with Crippen LogP contribution in [-0.4, -0.2) is 22.4 Å². The largest absolute Gasteiger partial charge is 0.379 e. The van der Waals surface area contributed by atoms with Crippen molar-refractivity contribution in [3.8, 4) is 0 Å². The molecule has 1 aromatic carbocycles. The summed E-state index contributed by atoms with van der Waals surface area (Å²) in [6.07, 6.45) is 0.444. The van der Waals surface area contributed by atoms with Gasteiger partial charge in [-0.05, 0) is 55.7 Å². The van der Waals surface area contributed by atoms with Gasteiger partial charge in [0, 0.05) is 23.2 Å². The van der Waals surface area contributed by atoms with Gasteiger partial charge in [0.25, 0.3) is 12.0 Å². The molecule has 4 rings (SSSR count). The molecule has 3 N–H and O–H groups in total. The van der Waals surface area contributed by atoms with E-state index < -0.39 is 24.0 Å². The fraction of sp³-hybridized carbons (Fsp3) is 0.476. The predicted octanol–water partition coefficient (Wildman–Crippen LogP) is 3.92. The van der Waals surface area contributed by atoms with Crippen LogP contribution in [0.5, 0.6) is 0 Å². The second-order valence-electron chi connectivity index (χ2n) is 7.80. The molecular weight excluding hydrogens is 369 g/mol. The van der Waals surface area contributed by atoms with Gasteiger partial charge in [0.15, 0.2) is 0 Å². The number of benzene rings is 1. The molecule has 2 aromatic rings. The normalized spacial score (nSPS) is 23.3. The van der Waals surface area contributed by atoms with Crippen molar-refractivity contribution in [2.75, 3.05) is 0 Å². The molecule has 1 saturated carbocycles. The Labute approximate surface area is 160 Å². The molecule has 4 nitrogen and oxygen atoms in total. The molecule has 2 aliphatic rings. The van der Waals surface area contributed by atoms with Gasteiger partial charge in [-0.15, -0.1) is 0 Å². The molecule has 150 valence electrons. The number of aliphatic hydroxyl groups excluding tert-OH is 1. The minimum absolute atomic E-state index is 0.00977. The van der Waals surface area contributed by atoms with Crippen molar-refractivity contribution >= 4 is 0 Å². The van der Waals surface area contributed by atoms with Crippen LogP contribution >= 0.6 is 0 Å². The number of H-pyrrole nitrogens is 1. The van der Waals surface area contributed by atoms with E-state index in [4.69, 9.17) is 0 Å². The third-order valence-corrected chi connectivity index (χ3v) is 5.75. The summed E-state index contributed by atoms with van der Waals surface area (Å²) in [5, 5.41) is 12.8. The zero-order valence-corrected chi connectivity index (χ0v) is 15.3. The summed E-state index contributed by atoms with van der Waals surface area (Å²) in [5.41, 5.74) is 1.14. The highest BCUT2D eigenvalue weighted by Gasteiger charge is 2.30. The molecule has 0 radical (unpaired) electrons. The highest BCUT2D eigenvalue weighted by atomic mass is 19.3. The number of nitrogens with one attached hydrogen (secondary N) is 2. The van der Waals surface area contributed by atoms with Gasteiger partial charge in [-0.3, -0.25) is 10.1 Å². The Morgan fingerprint density at radius 1 is 1.11 bits per heavy atom. The van der Waals surface area contributed by atoms with Crippen LogP contribution in [0.25, 0.3) is 0 Å². The van der Waals surface area contributed by atoms with E-state index in [0.29, 0.717) is 30.0 Å². The monoisotopic (exact) mass is 392 g/mol. The Kier molecular flexibility index (Phi) is 5.29. The molecule has 0 bridgehead atoms. The quantitative estimate of drug-likeness (QED) is 0.698. The zero-order valence-electron chi connectivity index (χ0n) is 15.3. The van der Waals surface area contributed by atoms with Crippen molar-refractivity contribution in [2.24, 2.45) is 0 Å². The maximum absolute atomic E-state index is 14.2. The van der Waals surface area contributed by atoms with Crippen LogP contribution in [0.4, 0.5) is 13.2 Å². The van der Waals surface area contributed by atoms with E-state index in [-0.39, 0.29) is 17.5 Å². The lowest BCUT2D eigenvalue weighted by Gasteiger charge is -2.22. The zero-order chi connectivity index (χ0) is 19.8. The molecule has 7 heteroatoms. The van der Waals surface area contributed by atoms with Gasteiger partial charge in [0.2, 0.25) is 0 Å². The number of pyridine rings is 1. The van der Waals surface area contributed by atoms with Crippen LogP contribution in [0.15, 0.2) is 35.1 Å². The minimum atomic E-state index is -2.88. The van der Waals surface area contributed by atoms with Crippen LogP contribution < -0.4 is 10.9 Å². The lowest BCUT2D eigenvalue weighted by atomic mass is 9.87. The molecule has 1 aliphatic carbocycles. The first kappa shape index (κ1) is 19.2. The molecule has 28 heavy (non-hydrogen) atoms. The number of hydrogen-bond donors (Lipinski definition) is 3. The molecule has 1 aromatic heterocycles. The molecule has 2 unspecified atom stereocenters. The van der Waals surface area contributed by atoms with Crippen LogP contribution in [0, 0.1) is 5.82 Å². The van der Waals surface area contributed by atoms with Crippen molar-refractivity contribution in [3.05, 3.63) is 68.9 Å². The summed E-state index contributed by atoms with van der Waals surface area (Å²) < 4.78 is 40.0. The molecule has 3 atom stereocenters. The average Bonchev–Trinajstić information content (AvgIpc) is 3.40. The fourth-order valence-electron chi connectivity index (χ4n) is 4.07. The molecule has 2 heterocycles. The Hall–Kier alpha value is -2.12. The fourth-order valence-corrected chi connectivity index (χ4v) is 4.07. The summed E-state index contributed by atoms with van der Waals surface area (Å²) in [5.74, 6) is -1.01. The van der Waals surface area contributed by atoms with E-state index in [1.807, 2.05) is 12.1 Å². The van der Waals surface area contributed by atoms with Gasteiger partial charge in [0.1, 0.15) is 12.0 Å². The van der Waals surface area contributed by atoms with Gasteiger partial charge < -0.3 is 10.1 Å². The van der Waals surface area contributed by atoms with Crippen molar-refractivity contribution in [1.82, 2.24) is 10.3 Å². The van der Waals surface area contributed by atoms with Crippen molar-refractivity contribution in [2.45, 2.75) is 62.6 Å². The Morgan fingerprint density at radius 2 is 1.89 bits per heavy atom. The third-order valence-electron chi connectivity index (χ3n) is 5.75. The Balaban J connectivity index is 1.68. The average molecular weight is 392 g/mol. The number of rotatable bonds is 6. The first-order valence-electron chi connectivity index (χ1n) is 9.67. The Bertz CT molecular complexity index is 911. The van der Waals surface area contributed by atoms with Crippen molar-refractivity contribution in [1.29, 1.82) is 0 Å². The summed E-state index contributed by atoms with van der Waals surface area (Å²) in [7, 11) is 0. The summed E-state index contributed by atoms with van der Waals surface area (Å²) >= 11 is 0. The maximum atomic E-state index is 14.2. The number of aromatic nitrogens is 1. The van der Waals surface area contributed by atoms with Gasteiger partial charge in [-0.2, -0.15) is 0 Å². The lowest BCUT2D eigenvalue weighted by molar-refractivity contribution is 0.146. The predicted molar refractivity (Wildman–Crippen MR) is 99.0 cm³/mol. The topological polar surface area (TPSA) is 65.1 Å². The first-order valence-corrected chi connectivity index (χ1v) is 9.67. The van der Waals surface area contributed by atoms with Crippen LogP contribution in [0.3, 0.4) is 0 Å². The number of aromatic amines is 1. The highest BCUT2D eigenvalue weighted by Crippen LogP contribution is 2.39. The molecule has 1 saturated heterocycles. The van der Waals surface area contributed by atoms with E-state index in [1.165, 1.54) is 6.07 Å². The standard InChI is InChI=1S/C21H23F3N2O2/c22-17-9-12(3-5-15(17)20(23)24)16(10-13-4-8-19(27)25-13)18-7-6-14(11-1-2-11)21(28)26-18/h3,5-7,9,11,13,16,19-20,25,27H,1-2,4,8,10H2,(H,26,28)/t13-,16?,19?/m1/s1. The van der Waals surface area contributed by atoms with E-state index in [2.05, 4.69) is 10.3 Å². The van der Waals surface area contributed by atoms with E-state index in [0.717, 1.165) is 37.0 Å². The van der Waals surface area contributed by atoms with Gasteiger partial charge >= 0.3 is 0 Å². The molecule has 0 amide bonds. The van der Waals surface area contributed by atoms with E-state index in [1.54, 1.807) is 0 Å². The summed E-state index contributed by atoms with van der Waals surface area (Å²) in [4.78, 5) is 15.4. The molecule has 1 aliphatic heterocycles. The number of halogens is 3. The first-order chi connectivity index (χ1) is 13.4. The van der Waals surface area contributed by atoms with Crippen LogP contribution in [0.2, 0.25) is 0 Å². The SMILES string of the molecule is O=c1[nH]c(C(C[C@H]2CCC(O)N2)c2ccc(C(F)F)c(F)c2)ccc1C1CC1. The third kappa shape index (κ3) is 4.00. The lowest BCUT2D eigenvalue weighted by Crippen LogP contribution is -2.31. The number of hydrogen-bond acceptors (Lipinski definition) is 3. The Morgan fingerprint density at radius 3 is 2.46 bits per heavy atom. The second-order valence-corrected chi connectivity index (χ2v) is 7.80. The highest BCUT2D eigenvalue weighted by molar-refractivity contribution is 5.34.